The normalized spacial score (nSPS) is 24.3. The highest BCUT2D eigenvalue weighted by molar-refractivity contribution is 5.04. The van der Waals surface area contributed by atoms with Crippen molar-refractivity contribution in [1.29, 1.82) is 0 Å². The number of hydrogen-bond donors (Lipinski definition) is 1. The van der Waals surface area contributed by atoms with Gasteiger partial charge < -0.3 is 5.11 Å². The Balaban J connectivity index is 1.76. The van der Waals surface area contributed by atoms with Crippen molar-refractivity contribution in [3.05, 3.63) is 12.2 Å². The van der Waals surface area contributed by atoms with Gasteiger partial charge in [-0.25, -0.2) is 4.98 Å². The Morgan fingerprint density at radius 3 is 2.57 bits per heavy atom. The first-order valence-corrected chi connectivity index (χ1v) is 8.56. The first kappa shape index (κ1) is 15.0. The number of rotatable bonds is 5. The van der Waals surface area contributed by atoms with Gasteiger partial charge >= 0.3 is 0 Å². The number of piperidine rings is 1. The van der Waals surface area contributed by atoms with Crippen LogP contribution in [0.2, 0.25) is 0 Å². The molecule has 1 atom stereocenters. The SMILES string of the molecule is CCn1ncnc1CC(O)C1(N2CCCCC2)CCCC1. The molecule has 2 heterocycles. The van der Waals surface area contributed by atoms with Gasteiger partial charge in [0, 0.05) is 18.5 Å². The highest BCUT2D eigenvalue weighted by atomic mass is 16.3. The van der Waals surface area contributed by atoms with Gasteiger partial charge in [0.05, 0.1) is 6.10 Å². The molecule has 1 aliphatic carbocycles. The maximum atomic E-state index is 11.0. The standard InChI is InChI=1S/C16H28N4O/c1-2-20-15(17-13-18-20)12-14(21)16(8-4-5-9-16)19-10-6-3-7-11-19/h13-14,21H,2-12H2,1H3. The summed E-state index contributed by atoms with van der Waals surface area (Å²) in [4.78, 5) is 6.93. The molecule has 5 nitrogen and oxygen atoms in total. The molecule has 0 amide bonds. The van der Waals surface area contributed by atoms with Gasteiger partial charge in [0.1, 0.15) is 12.2 Å². The predicted octanol–water partition coefficient (Wildman–Crippen LogP) is 2.00. The molecule has 1 saturated heterocycles. The summed E-state index contributed by atoms with van der Waals surface area (Å²) in [5.74, 6) is 0.924. The zero-order valence-corrected chi connectivity index (χ0v) is 13.2. The molecule has 0 spiro atoms. The van der Waals surface area contributed by atoms with E-state index in [0.29, 0.717) is 6.42 Å². The summed E-state index contributed by atoms with van der Waals surface area (Å²) in [5, 5.41) is 15.3. The van der Waals surface area contributed by atoms with Crippen molar-refractivity contribution in [3.8, 4) is 0 Å². The first-order valence-electron chi connectivity index (χ1n) is 8.56. The predicted molar refractivity (Wildman–Crippen MR) is 82.0 cm³/mol. The largest absolute Gasteiger partial charge is 0.391 e. The molecule has 5 heteroatoms. The third kappa shape index (κ3) is 2.86. The minimum absolute atomic E-state index is 0.00899. The Hall–Kier alpha value is -0.940. The van der Waals surface area contributed by atoms with Gasteiger partial charge in [0.15, 0.2) is 0 Å². The van der Waals surface area contributed by atoms with E-state index in [4.69, 9.17) is 0 Å². The third-order valence-electron chi connectivity index (χ3n) is 5.45. The minimum Gasteiger partial charge on any atom is -0.391 e. The van der Waals surface area contributed by atoms with Gasteiger partial charge in [-0.1, -0.05) is 19.3 Å². The lowest BCUT2D eigenvalue weighted by Gasteiger charge is -2.46. The molecule has 1 unspecified atom stereocenters. The van der Waals surface area contributed by atoms with Gasteiger partial charge in [0.2, 0.25) is 0 Å². The van der Waals surface area contributed by atoms with E-state index >= 15 is 0 Å². The number of aromatic nitrogens is 3. The van der Waals surface area contributed by atoms with Crippen LogP contribution in [0.3, 0.4) is 0 Å². The van der Waals surface area contributed by atoms with E-state index in [9.17, 15) is 5.11 Å². The Morgan fingerprint density at radius 2 is 1.90 bits per heavy atom. The molecule has 1 aromatic rings. The quantitative estimate of drug-likeness (QED) is 0.902. The second-order valence-corrected chi connectivity index (χ2v) is 6.57. The van der Waals surface area contributed by atoms with Crippen molar-refractivity contribution in [2.75, 3.05) is 13.1 Å². The number of likely N-dealkylation sites (tertiary alicyclic amines) is 1. The van der Waals surface area contributed by atoms with Crippen LogP contribution >= 0.6 is 0 Å². The van der Waals surface area contributed by atoms with Gasteiger partial charge in [0.25, 0.3) is 0 Å². The number of aliphatic hydroxyl groups excluding tert-OH is 1. The molecule has 2 fully saturated rings. The van der Waals surface area contributed by atoms with Crippen LogP contribution in [-0.4, -0.2) is 49.5 Å². The fourth-order valence-electron chi connectivity index (χ4n) is 4.26. The topological polar surface area (TPSA) is 54.2 Å². The van der Waals surface area contributed by atoms with Crippen LogP contribution in [0.5, 0.6) is 0 Å². The second kappa shape index (κ2) is 6.44. The molecule has 1 N–H and O–H groups in total. The second-order valence-electron chi connectivity index (χ2n) is 6.57. The summed E-state index contributed by atoms with van der Waals surface area (Å²) in [6.45, 7) is 5.19. The molecule has 3 rings (SSSR count). The van der Waals surface area contributed by atoms with Crippen molar-refractivity contribution in [2.24, 2.45) is 0 Å². The van der Waals surface area contributed by atoms with Crippen LogP contribution < -0.4 is 0 Å². The smallest absolute Gasteiger partial charge is 0.138 e. The molecule has 0 aromatic carbocycles. The van der Waals surface area contributed by atoms with Crippen molar-refractivity contribution in [2.45, 2.75) is 76.5 Å². The maximum absolute atomic E-state index is 11.0. The van der Waals surface area contributed by atoms with Crippen LogP contribution in [0.25, 0.3) is 0 Å². The zero-order valence-electron chi connectivity index (χ0n) is 13.2. The van der Waals surface area contributed by atoms with Gasteiger partial charge in [-0.05, 0) is 45.7 Å². The zero-order chi connectivity index (χ0) is 14.7. The molecule has 2 aliphatic rings. The van der Waals surface area contributed by atoms with Crippen molar-refractivity contribution in [3.63, 3.8) is 0 Å². The Morgan fingerprint density at radius 1 is 1.19 bits per heavy atom. The highest BCUT2D eigenvalue weighted by Gasteiger charge is 2.45. The molecule has 0 radical (unpaired) electrons. The average Bonchev–Trinajstić information content (AvgIpc) is 3.17. The number of nitrogens with zero attached hydrogens (tertiary/aromatic N) is 4. The molecule has 0 bridgehead atoms. The summed E-state index contributed by atoms with van der Waals surface area (Å²) < 4.78 is 1.90. The Kier molecular flexibility index (Phi) is 4.60. The lowest BCUT2D eigenvalue weighted by Crippen LogP contribution is -2.57. The summed E-state index contributed by atoms with van der Waals surface area (Å²) in [6.07, 6.45) is 10.6. The van der Waals surface area contributed by atoms with Crippen LogP contribution in [0.4, 0.5) is 0 Å². The van der Waals surface area contributed by atoms with Crippen LogP contribution in [0.1, 0.15) is 57.7 Å². The first-order chi connectivity index (χ1) is 10.3. The van der Waals surface area contributed by atoms with Gasteiger partial charge in [-0.3, -0.25) is 9.58 Å². The van der Waals surface area contributed by atoms with Crippen molar-refractivity contribution < 1.29 is 5.11 Å². The van der Waals surface area contributed by atoms with Gasteiger partial charge in [-0.15, -0.1) is 0 Å². The number of aliphatic hydroxyl groups is 1. The fourth-order valence-corrected chi connectivity index (χ4v) is 4.26. The molecule has 1 saturated carbocycles. The molecule has 1 aromatic heterocycles. The molecular weight excluding hydrogens is 264 g/mol. The number of aryl methyl sites for hydroxylation is 1. The lowest BCUT2D eigenvalue weighted by molar-refractivity contribution is -0.0392. The molecular formula is C16H28N4O. The van der Waals surface area contributed by atoms with E-state index in [-0.39, 0.29) is 11.6 Å². The molecule has 118 valence electrons. The lowest BCUT2D eigenvalue weighted by atomic mass is 9.84. The summed E-state index contributed by atoms with van der Waals surface area (Å²) in [6, 6.07) is 0. The Bertz CT molecular complexity index is 447. The fraction of sp³-hybridized carbons (Fsp3) is 0.875. The van der Waals surface area contributed by atoms with E-state index in [1.54, 1.807) is 6.33 Å². The number of hydrogen-bond acceptors (Lipinski definition) is 4. The van der Waals surface area contributed by atoms with Crippen molar-refractivity contribution in [1.82, 2.24) is 19.7 Å². The molecule has 21 heavy (non-hydrogen) atoms. The molecule has 1 aliphatic heterocycles. The minimum atomic E-state index is -0.326. The monoisotopic (exact) mass is 292 g/mol. The van der Waals surface area contributed by atoms with E-state index in [2.05, 4.69) is 21.9 Å². The highest BCUT2D eigenvalue weighted by Crippen LogP contribution is 2.40. The Labute approximate surface area is 127 Å². The maximum Gasteiger partial charge on any atom is 0.138 e. The summed E-state index contributed by atoms with van der Waals surface area (Å²) >= 11 is 0. The van der Waals surface area contributed by atoms with Crippen LogP contribution in [-0.2, 0) is 13.0 Å². The van der Waals surface area contributed by atoms with Crippen molar-refractivity contribution >= 4 is 0 Å². The van der Waals surface area contributed by atoms with E-state index in [1.807, 2.05) is 4.68 Å². The van der Waals surface area contributed by atoms with Gasteiger partial charge in [-0.2, -0.15) is 5.10 Å². The summed E-state index contributed by atoms with van der Waals surface area (Å²) in [7, 11) is 0. The van der Waals surface area contributed by atoms with E-state index < -0.39 is 0 Å². The van der Waals surface area contributed by atoms with E-state index in [0.717, 1.165) is 38.3 Å². The van der Waals surface area contributed by atoms with Crippen LogP contribution in [0, 0.1) is 0 Å². The third-order valence-corrected chi connectivity index (χ3v) is 5.45. The summed E-state index contributed by atoms with van der Waals surface area (Å²) in [5.41, 5.74) is -0.00899. The van der Waals surface area contributed by atoms with Crippen LogP contribution in [0.15, 0.2) is 6.33 Å². The average molecular weight is 292 g/mol. The van der Waals surface area contributed by atoms with E-state index in [1.165, 1.54) is 32.1 Å².